The van der Waals surface area contributed by atoms with Crippen molar-refractivity contribution in [2.45, 2.75) is 4.58 Å². The summed E-state index contributed by atoms with van der Waals surface area (Å²) in [5.74, 6) is 3.18. The molecule has 23 heavy (non-hydrogen) atoms. The first-order valence-electron chi connectivity index (χ1n) is 7.62. The van der Waals surface area contributed by atoms with Crippen LogP contribution in [-0.4, -0.2) is 30.6 Å². The van der Waals surface area contributed by atoms with E-state index in [1.807, 2.05) is 66.0 Å². The van der Waals surface area contributed by atoms with E-state index in [2.05, 4.69) is 17.4 Å². The summed E-state index contributed by atoms with van der Waals surface area (Å²) in [4.78, 5) is 12.1. The number of carbonyl (C=O) groups excluding carboxylic acids is 1. The third kappa shape index (κ3) is 4.69. The summed E-state index contributed by atoms with van der Waals surface area (Å²) in [6.07, 6.45) is 0. The number of amides is 1. The fourth-order valence-corrected chi connectivity index (χ4v) is 5.15. The average Bonchev–Trinajstić information content (AvgIpc) is 3.14. The predicted octanol–water partition coefficient (Wildman–Crippen LogP) is 3.97. The highest BCUT2D eigenvalue weighted by atomic mass is 32.2. The fourth-order valence-electron chi connectivity index (χ4n) is 2.29. The standard InChI is InChI=1S/C18H19NO2S2/c20-17(19-10-11-21-16-4-2-1-3-5-16)14-6-8-15(9-7-14)18-22-12-13-23-18/h1-9,18H,10-13H2,(H,19,20). The van der Waals surface area contributed by atoms with Crippen LogP contribution >= 0.6 is 23.5 Å². The molecule has 0 spiro atoms. The molecule has 3 rings (SSSR count). The smallest absolute Gasteiger partial charge is 0.251 e. The van der Waals surface area contributed by atoms with E-state index < -0.39 is 0 Å². The van der Waals surface area contributed by atoms with E-state index in [9.17, 15) is 4.79 Å². The Morgan fingerprint density at radius 1 is 1.04 bits per heavy atom. The lowest BCUT2D eigenvalue weighted by atomic mass is 10.1. The van der Waals surface area contributed by atoms with Gasteiger partial charge in [-0.2, -0.15) is 0 Å². The van der Waals surface area contributed by atoms with Crippen LogP contribution < -0.4 is 10.1 Å². The highest BCUT2D eigenvalue weighted by molar-refractivity contribution is 8.19. The fraction of sp³-hybridized carbons (Fsp3) is 0.278. The maximum atomic E-state index is 12.1. The Morgan fingerprint density at radius 3 is 2.43 bits per heavy atom. The minimum Gasteiger partial charge on any atom is -0.492 e. The maximum Gasteiger partial charge on any atom is 0.251 e. The van der Waals surface area contributed by atoms with Crippen molar-refractivity contribution in [3.63, 3.8) is 0 Å². The van der Waals surface area contributed by atoms with Crippen molar-refractivity contribution in [3.8, 4) is 5.75 Å². The minimum absolute atomic E-state index is 0.0556. The van der Waals surface area contributed by atoms with Crippen LogP contribution in [0.3, 0.4) is 0 Å². The van der Waals surface area contributed by atoms with Crippen LogP contribution in [0.5, 0.6) is 5.75 Å². The topological polar surface area (TPSA) is 38.3 Å². The van der Waals surface area contributed by atoms with Gasteiger partial charge in [0.15, 0.2) is 0 Å². The number of benzene rings is 2. The van der Waals surface area contributed by atoms with Gasteiger partial charge in [-0.15, -0.1) is 23.5 Å². The molecule has 0 unspecified atom stereocenters. The first-order chi connectivity index (χ1) is 11.3. The second kappa shape index (κ2) is 8.31. The van der Waals surface area contributed by atoms with Gasteiger partial charge >= 0.3 is 0 Å². The Bertz CT molecular complexity index is 625. The van der Waals surface area contributed by atoms with Crippen LogP contribution in [-0.2, 0) is 0 Å². The van der Waals surface area contributed by atoms with E-state index in [0.717, 1.165) is 5.75 Å². The number of hydrogen-bond donors (Lipinski definition) is 1. The van der Waals surface area contributed by atoms with E-state index in [4.69, 9.17) is 4.74 Å². The van der Waals surface area contributed by atoms with Crippen molar-refractivity contribution < 1.29 is 9.53 Å². The monoisotopic (exact) mass is 345 g/mol. The SMILES string of the molecule is O=C(NCCOc1ccccc1)c1ccc(C2SCCS2)cc1. The second-order valence-electron chi connectivity index (χ2n) is 5.11. The van der Waals surface area contributed by atoms with Gasteiger partial charge in [-0.3, -0.25) is 4.79 Å². The maximum absolute atomic E-state index is 12.1. The quantitative estimate of drug-likeness (QED) is 0.804. The molecule has 0 atom stereocenters. The van der Waals surface area contributed by atoms with Crippen molar-refractivity contribution in [3.05, 3.63) is 65.7 Å². The molecule has 0 aliphatic carbocycles. The number of rotatable bonds is 6. The van der Waals surface area contributed by atoms with Crippen molar-refractivity contribution in [1.82, 2.24) is 5.32 Å². The molecule has 120 valence electrons. The van der Waals surface area contributed by atoms with E-state index >= 15 is 0 Å². The summed E-state index contributed by atoms with van der Waals surface area (Å²) >= 11 is 3.94. The molecule has 0 aromatic heterocycles. The summed E-state index contributed by atoms with van der Waals surface area (Å²) in [7, 11) is 0. The van der Waals surface area contributed by atoms with E-state index in [1.165, 1.54) is 17.1 Å². The Morgan fingerprint density at radius 2 is 1.74 bits per heavy atom. The summed E-state index contributed by atoms with van der Waals surface area (Å²) in [6, 6.07) is 17.5. The summed E-state index contributed by atoms with van der Waals surface area (Å²) in [5, 5.41) is 2.88. The normalized spacial score (nSPS) is 14.6. The van der Waals surface area contributed by atoms with Crippen LogP contribution in [0.15, 0.2) is 54.6 Å². The minimum atomic E-state index is -0.0556. The molecule has 5 heteroatoms. The lowest BCUT2D eigenvalue weighted by Gasteiger charge is -2.10. The Kier molecular flexibility index (Phi) is 5.88. The molecule has 1 fully saturated rings. The first-order valence-corrected chi connectivity index (χ1v) is 9.72. The molecule has 2 aromatic carbocycles. The third-order valence-corrected chi connectivity index (χ3v) is 6.57. The van der Waals surface area contributed by atoms with Crippen molar-refractivity contribution in [2.24, 2.45) is 0 Å². The molecule has 2 aromatic rings. The molecule has 1 amide bonds. The summed E-state index contributed by atoms with van der Waals surface area (Å²) in [6.45, 7) is 0.951. The van der Waals surface area contributed by atoms with Gasteiger partial charge in [0.05, 0.1) is 11.1 Å². The van der Waals surface area contributed by atoms with Crippen LogP contribution in [0.25, 0.3) is 0 Å². The highest BCUT2D eigenvalue weighted by Gasteiger charge is 2.18. The van der Waals surface area contributed by atoms with E-state index in [-0.39, 0.29) is 5.91 Å². The zero-order valence-corrected chi connectivity index (χ0v) is 14.4. The number of ether oxygens (including phenoxy) is 1. The number of nitrogens with one attached hydrogen (secondary N) is 1. The Hall–Kier alpha value is -1.59. The third-order valence-electron chi connectivity index (χ3n) is 3.47. The van der Waals surface area contributed by atoms with Crippen molar-refractivity contribution >= 4 is 29.4 Å². The molecule has 0 radical (unpaired) electrons. The van der Waals surface area contributed by atoms with Gasteiger partial charge < -0.3 is 10.1 Å². The van der Waals surface area contributed by atoms with E-state index in [0.29, 0.717) is 23.3 Å². The molecule has 0 saturated carbocycles. The average molecular weight is 345 g/mol. The molecule has 1 heterocycles. The second-order valence-corrected chi connectivity index (χ2v) is 7.84. The number of thioether (sulfide) groups is 2. The van der Waals surface area contributed by atoms with Gasteiger partial charge in [-0.05, 0) is 29.8 Å². The molecule has 1 N–H and O–H groups in total. The first kappa shape index (κ1) is 16.3. The van der Waals surface area contributed by atoms with Crippen molar-refractivity contribution in [1.29, 1.82) is 0 Å². The lowest BCUT2D eigenvalue weighted by molar-refractivity contribution is 0.0947. The summed E-state index contributed by atoms with van der Waals surface area (Å²) < 4.78 is 6.08. The van der Waals surface area contributed by atoms with Gasteiger partial charge in [0, 0.05) is 17.1 Å². The number of hydrogen-bond acceptors (Lipinski definition) is 4. The zero-order chi connectivity index (χ0) is 15.9. The summed E-state index contributed by atoms with van der Waals surface area (Å²) in [5.41, 5.74) is 1.99. The molecular weight excluding hydrogens is 326 g/mol. The zero-order valence-electron chi connectivity index (χ0n) is 12.7. The molecule has 1 saturated heterocycles. The molecule has 0 bridgehead atoms. The molecule has 1 aliphatic heterocycles. The van der Waals surface area contributed by atoms with Gasteiger partial charge in [-0.1, -0.05) is 30.3 Å². The number of para-hydroxylation sites is 1. The van der Waals surface area contributed by atoms with Crippen LogP contribution in [0.2, 0.25) is 0 Å². The lowest BCUT2D eigenvalue weighted by Crippen LogP contribution is -2.28. The molecule has 1 aliphatic rings. The van der Waals surface area contributed by atoms with Gasteiger partial charge in [-0.25, -0.2) is 0 Å². The van der Waals surface area contributed by atoms with Gasteiger partial charge in [0.25, 0.3) is 5.91 Å². The van der Waals surface area contributed by atoms with Gasteiger partial charge in [0.1, 0.15) is 12.4 Å². The number of carbonyl (C=O) groups is 1. The van der Waals surface area contributed by atoms with Crippen molar-refractivity contribution in [2.75, 3.05) is 24.7 Å². The van der Waals surface area contributed by atoms with Crippen LogP contribution in [0.1, 0.15) is 20.5 Å². The largest absolute Gasteiger partial charge is 0.492 e. The van der Waals surface area contributed by atoms with Gasteiger partial charge in [0.2, 0.25) is 0 Å². The predicted molar refractivity (Wildman–Crippen MR) is 98.4 cm³/mol. The molecular formula is C18H19NO2S2. The van der Waals surface area contributed by atoms with E-state index in [1.54, 1.807) is 0 Å². The van der Waals surface area contributed by atoms with Crippen LogP contribution in [0.4, 0.5) is 0 Å². The Balaban J connectivity index is 1.44. The highest BCUT2D eigenvalue weighted by Crippen LogP contribution is 2.45. The Labute approximate surface area is 145 Å². The van der Waals surface area contributed by atoms with Crippen LogP contribution in [0, 0.1) is 0 Å². The molecule has 3 nitrogen and oxygen atoms in total.